The Hall–Kier alpha value is -1.04. The molecule has 0 saturated carbocycles. The first-order chi connectivity index (χ1) is 10.1. The van der Waals surface area contributed by atoms with Gasteiger partial charge in [0.15, 0.2) is 5.17 Å². The van der Waals surface area contributed by atoms with E-state index in [1.807, 2.05) is 6.20 Å². The highest BCUT2D eigenvalue weighted by atomic mass is 35.5. The summed E-state index contributed by atoms with van der Waals surface area (Å²) in [6.07, 6.45) is 4.90. The minimum absolute atomic E-state index is 0.140. The van der Waals surface area contributed by atoms with Crippen LogP contribution < -0.4 is 5.73 Å². The van der Waals surface area contributed by atoms with Crippen molar-refractivity contribution in [3.8, 4) is 0 Å². The van der Waals surface area contributed by atoms with Crippen molar-refractivity contribution in [3.63, 3.8) is 0 Å². The van der Waals surface area contributed by atoms with Crippen molar-refractivity contribution in [3.05, 3.63) is 46.4 Å². The van der Waals surface area contributed by atoms with E-state index in [2.05, 4.69) is 4.99 Å². The van der Waals surface area contributed by atoms with Gasteiger partial charge in [0, 0.05) is 18.6 Å². The molecule has 0 radical (unpaired) electrons. The molecule has 1 aliphatic heterocycles. The van der Waals surface area contributed by atoms with Crippen molar-refractivity contribution in [1.82, 2.24) is 0 Å². The molecule has 2 N–H and O–H groups in total. The maximum atomic E-state index is 13.2. The van der Waals surface area contributed by atoms with E-state index in [0.717, 1.165) is 30.6 Å². The Morgan fingerprint density at radius 3 is 2.95 bits per heavy atom. The Kier molecular flexibility index (Phi) is 6.54. The van der Waals surface area contributed by atoms with Crippen molar-refractivity contribution >= 4 is 28.5 Å². The highest BCUT2D eigenvalue weighted by molar-refractivity contribution is 8.14. The van der Waals surface area contributed by atoms with Gasteiger partial charge in [0.1, 0.15) is 5.82 Å². The third-order valence-electron chi connectivity index (χ3n) is 3.07. The number of hydrogen-bond acceptors (Lipinski definition) is 4. The number of aliphatic imine (C=N–C) groups is 1. The van der Waals surface area contributed by atoms with Gasteiger partial charge in [-0.3, -0.25) is 0 Å². The standard InChI is InChI=1S/C15H18ClFN2OS/c16-13-5-4-11(7-14(13)17)9-20-6-2-1-3-12-8-19-15(18)21-10-12/h4-5,7-8H,1-3,6,9-10H2,(H2,18,19). The first-order valence-electron chi connectivity index (χ1n) is 6.81. The molecule has 6 heteroatoms. The number of ether oxygens (including phenoxy) is 1. The summed E-state index contributed by atoms with van der Waals surface area (Å²) in [5, 5.41) is 0.776. The van der Waals surface area contributed by atoms with Crippen LogP contribution in [-0.2, 0) is 11.3 Å². The summed E-state index contributed by atoms with van der Waals surface area (Å²) in [6.45, 7) is 1.07. The van der Waals surface area contributed by atoms with Crippen LogP contribution in [0.2, 0.25) is 5.02 Å². The van der Waals surface area contributed by atoms with Crippen molar-refractivity contribution < 1.29 is 9.13 Å². The van der Waals surface area contributed by atoms with E-state index in [1.54, 1.807) is 23.9 Å². The summed E-state index contributed by atoms with van der Waals surface area (Å²) < 4.78 is 18.8. The van der Waals surface area contributed by atoms with Crippen LogP contribution >= 0.6 is 23.4 Å². The molecule has 21 heavy (non-hydrogen) atoms. The predicted octanol–water partition coefficient (Wildman–Crippen LogP) is 4.11. The minimum atomic E-state index is -0.403. The maximum absolute atomic E-state index is 13.2. The normalized spacial score (nSPS) is 14.8. The van der Waals surface area contributed by atoms with E-state index in [1.165, 1.54) is 11.6 Å². The molecule has 0 aliphatic carbocycles. The molecule has 0 fully saturated rings. The number of benzene rings is 1. The second-order valence-electron chi connectivity index (χ2n) is 4.80. The quantitative estimate of drug-likeness (QED) is 0.766. The van der Waals surface area contributed by atoms with Gasteiger partial charge in [-0.15, -0.1) is 0 Å². The lowest BCUT2D eigenvalue weighted by molar-refractivity contribution is 0.117. The molecular weight excluding hydrogens is 311 g/mol. The number of amidine groups is 1. The van der Waals surface area contributed by atoms with Crippen LogP contribution in [0.25, 0.3) is 0 Å². The van der Waals surface area contributed by atoms with Crippen LogP contribution in [0.3, 0.4) is 0 Å². The molecule has 0 unspecified atom stereocenters. The highest BCUT2D eigenvalue weighted by Crippen LogP contribution is 2.19. The second-order valence-corrected chi connectivity index (χ2v) is 6.20. The molecule has 1 aromatic carbocycles. The average Bonchev–Trinajstić information content (AvgIpc) is 2.48. The zero-order valence-electron chi connectivity index (χ0n) is 11.6. The number of nitrogens with zero attached hydrogens (tertiary/aromatic N) is 1. The molecule has 3 nitrogen and oxygen atoms in total. The molecule has 0 bridgehead atoms. The van der Waals surface area contributed by atoms with Crippen LogP contribution in [-0.4, -0.2) is 17.5 Å². The summed E-state index contributed by atoms with van der Waals surface area (Å²) in [5.74, 6) is 0.527. The Morgan fingerprint density at radius 2 is 2.24 bits per heavy atom. The second kappa shape index (κ2) is 8.41. The SMILES string of the molecule is NC1=NC=C(CCCCOCc2ccc(Cl)c(F)c2)CS1. The van der Waals surface area contributed by atoms with Crippen LogP contribution in [0.4, 0.5) is 4.39 Å². The molecule has 0 amide bonds. The first kappa shape index (κ1) is 16.3. The largest absolute Gasteiger partial charge is 0.378 e. The molecule has 0 saturated heterocycles. The number of nitrogens with two attached hydrogens (primary N) is 1. The van der Waals surface area contributed by atoms with E-state index < -0.39 is 5.82 Å². The molecule has 114 valence electrons. The number of unbranched alkanes of at least 4 members (excludes halogenated alkanes) is 1. The third kappa shape index (κ3) is 5.69. The van der Waals surface area contributed by atoms with Crippen molar-refractivity contribution in [2.75, 3.05) is 12.4 Å². The summed E-state index contributed by atoms with van der Waals surface area (Å²) in [7, 11) is 0. The van der Waals surface area contributed by atoms with Gasteiger partial charge in [0.05, 0.1) is 11.6 Å². The lowest BCUT2D eigenvalue weighted by Gasteiger charge is -2.10. The van der Waals surface area contributed by atoms with Crippen molar-refractivity contribution in [1.29, 1.82) is 0 Å². The third-order valence-corrected chi connectivity index (χ3v) is 4.29. The Balaban J connectivity index is 1.59. The number of halogens is 2. The Labute approximate surface area is 133 Å². The van der Waals surface area contributed by atoms with E-state index in [0.29, 0.717) is 18.4 Å². The van der Waals surface area contributed by atoms with Crippen molar-refractivity contribution in [2.24, 2.45) is 10.7 Å². The molecule has 0 spiro atoms. The van der Waals surface area contributed by atoms with Gasteiger partial charge < -0.3 is 10.5 Å². The fourth-order valence-corrected chi connectivity index (χ4v) is 2.71. The number of thioether (sulfide) groups is 1. The first-order valence-corrected chi connectivity index (χ1v) is 8.17. The zero-order chi connectivity index (χ0) is 15.1. The average molecular weight is 329 g/mol. The molecule has 1 heterocycles. The lowest BCUT2D eigenvalue weighted by atomic mass is 10.1. The number of hydrogen-bond donors (Lipinski definition) is 1. The Morgan fingerprint density at radius 1 is 1.38 bits per heavy atom. The molecule has 1 aromatic rings. The van der Waals surface area contributed by atoms with Gasteiger partial charge in [-0.2, -0.15) is 0 Å². The van der Waals surface area contributed by atoms with Gasteiger partial charge in [-0.05, 0) is 42.5 Å². The van der Waals surface area contributed by atoms with Crippen LogP contribution in [0.5, 0.6) is 0 Å². The molecule has 0 atom stereocenters. The fraction of sp³-hybridized carbons (Fsp3) is 0.400. The lowest BCUT2D eigenvalue weighted by Crippen LogP contribution is -2.10. The molecule has 1 aliphatic rings. The van der Waals surface area contributed by atoms with Crippen LogP contribution in [0.15, 0.2) is 35.0 Å². The van der Waals surface area contributed by atoms with Gasteiger partial charge in [0.25, 0.3) is 0 Å². The monoisotopic (exact) mass is 328 g/mol. The minimum Gasteiger partial charge on any atom is -0.378 e. The maximum Gasteiger partial charge on any atom is 0.158 e. The summed E-state index contributed by atoms with van der Waals surface area (Å²) >= 11 is 7.20. The Bertz CT molecular complexity index is 548. The zero-order valence-corrected chi connectivity index (χ0v) is 13.2. The fourth-order valence-electron chi connectivity index (χ4n) is 1.91. The summed E-state index contributed by atoms with van der Waals surface area (Å²) in [6, 6.07) is 4.74. The van der Waals surface area contributed by atoms with Crippen LogP contribution in [0.1, 0.15) is 24.8 Å². The molecule has 2 rings (SSSR count). The van der Waals surface area contributed by atoms with E-state index >= 15 is 0 Å². The predicted molar refractivity (Wildman–Crippen MR) is 87.1 cm³/mol. The summed E-state index contributed by atoms with van der Waals surface area (Å²) in [5.41, 5.74) is 7.69. The topological polar surface area (TPSA) is 47.6 Å². The van der Waals surface area contributed by atoms with Gasteiger partial charge in [-0.25, -0.2) is 9.38 Å². The number of rotatable bonds is 7. The van der Waals surface area contributed by atoms with Gasteiger partial charge in [-0.1, -0.05) is 29.4 Å². The molecular formula is C15H18ClFN2OS. The van der Waals surface area contributed by atoms with Gasteiger partial charge in [0.2, 0.25) is 0 Å². The summed E-state index contributed by atoms with van der Waals surface area (Å²) in [4.78, 5) is 4.10. The molecule has 0 aromatic heterocycles. The van der Waals surface area contributed by atoms with Crippen molar-refractivity contribution in [2.45, 2.75) is 25.9 Å². The van der Waals surface area contributed by atoms with E-state index in [-0.39, 0.29) is 5.02 Å². The van der Waals surface area contributed by atoms with E-state index in [4.69, 9.17) is 22.1 Å². The highest BCUT2D eigenvalue weighted by Gasteiger charge is 2.05. The smallest absolute Gasteiger partial charge is 0.158 e. The van der Waals surface area contributed by atoms with E-state index in [9.17, 15) is 4.39 Å². The van der Waals surface area contributed by atoms with Crippen LogP contribution in [0, 0.1) is 5.82 Å². The van der Waals surface area contributed by atoms with Gasteiger partial charge >= 0.3 is 0 Å².